The Morgan fingerprint density at radius 2 is 1.77 bits per heavy atom. The first kappa shape index (κ1) is 17.7. The Hall–Kier alpha value is -2.39. The van der Waals surface area contributed by atoms with Crippen LogP contribution in [0.3, 0.4) is 0 Å². The van der Waals surface area contributed by atoms with Gasteiger partial charge in [-0.15, -0.1) is 0 Å². The van der Waals surface area contributed by atoms with E-state index < -0.39 is 5.97 Å². The number of aromatic nitrogens is 1. The quantitative estimate of drug-likeness (QED) is 0.820. The van der Waals surface area contributed by atoms with E-state index in [0.29, 0.717) is 22.0 Å². The summed E-state index contributed by atoms with van der Waals surface area (Å²) in [6, 6.07) is 8.56. The summed E-state index contributed by atoms with van der Waals surface area (Å²) in [4.78, 5) is 15.8. The van der Waals surface area contributed by atoms with Crippen molar-refractivity contribution in [2.24, 2.45) is 0 Å². The van der Waals surface area contributed by atoms with Gasteiger partial charge in [-0.25, -0.2) is 9.78 Å². The zero-order valence-corrected chi connectivity index (χ0v) is 13.4. The summed E-state index contributed by atoms with van der Waals surface area (Å²) >= 11 is 5.84. The van der Waals surface area contributed by atoms with Crippen molar-refractivity contribution in [1.82, 2.24) is 4.98 Å². The summed E-state index contributed by atoms with van der Waals surface area (Å²) in [7, 11) is 0. The minimum Gasteiger partial charge on any atom is -0.478 e. The number of carbonyl (C=O) groups is 1. The van der Waals surface area contributed by atoms with E-state index in [1.807, 2.05) is 13.8 Å². The fourth-order valence-corrected chi connectivity index (χ4v) is 2.02. The molecule has 0 aliphatic rings. The van der Waals surface area contributed by atoms with Crippen LogP contribution in [0.5, 0.6) is 0 Å². The molecule has 0 aliphatic carbocycles. The summed E-state index contributed by atoms with van der Waals surface area (Å²) in [5.74, 6) is -1.03. The van der Waals surface area contributed by atoms with Gasteiger partial charge in [-0.1, -0.05) is 56.8 Å². The lowest BCUT2D eigenvalue weighted by molar-refractivity contribution is 0.0696. The normalized spacial score (nSPS) is 9.41. The third-order valence-corrected chi connectivity index (χ3v) is 3.11. The molecule has 4 heteroatoms. The molecular formula is C18H18ClNO2. The number of aromatic carboxylic acids is 1. The fourth-order valence-electron chi connectivity index (χ4n) is 1.89. The Morgan fingerprint density at radius 1 is 1.18 bits per heavy atom. The third kappa shape index (κ3) is 3.83. The molecule has 0 atom stereocenters. The van der Waals surface area contributed by atoms with Crippen LogP contribution in [0.1, 0.15) is 35.5 Å². The molecule has 1 aromatic carbocycles. The van der Waals surface area contributed by atoms with E-state index in [2.05, 4.69) is 18.1 Å². The molecule has 0 unspecified atom stereocenters. The molecule has 0 saturated carbocycles. The summed E-state index contributed by atoms with van der Waals surface area (Å²) in [5, 5.41) is 9.91. The van der Waals surface area contributed by atoms with Crippen molar-refractivity contribution in [2.75, 3.05) is 0 Å². The van der Waals surface area contributed by atoms with Gasteiger partial charge in [0.1, 0.15) is 0 Å². The largest absolute Gasteiger partial charge is 0.478 e. The lowest BCUT2D eigenvalue weighted by atomic mass is 10.0. The number of carboxylic acid groups (broad SMARTS) is 1. The lowest BCUT2D eigenvalue weighted by Crippen LogP contribution is -2.04. The van der Waals surface area contributed by atoms with Crippen LogP contribution >= 0.6 is 11.6 Å². The number of carboxylic acids is 1. The van der Waals surface area contributed by atoms with E-state index in [4.69, 9.17) is 11.6 Å². The number of nitrogens with zero attached hydrogens (tertiary/aromatic N) is 1. The second-order valence-electron chi connectivity index (χ2n) is 4.07. The third-order valence-electron chi connectivity index (χ3n) is 2.86. The van der Waals surface area contributed by atoms with Crippen molar-refractivity contribution in [3.05, 3.63) is 65.3 Å². The highest BCUT2D eigenvalue weighted by Crippen LogP contribution is 2.25. The van der Waals surface area contributed by atoms with E-state index in [1.165, 1.54) is 18.2 Å². The number of rotatable bonds is 4. The van der Waals surface area contributed by atoms with Gasteiger partial charge in [0.15, 0.2) is 0 Å². The van der Waals surface area contributed by atoms with Crippen molar-refractivity contribution in [2.45, 2.75) is 13.8 Å². The molecule has 0 fully saturated rings. The molecule has 0 spiro atoms. The van der Waals surface area contributed by atoms with Crippen molar-refractivity contribution < 1.29 is 9.90 Å². The minimum atomic E-state index is -1.03. The summed E-state index contributed by atoms with van der Waals surface area (Å²) in [6.07, 6.45) is 2.99. The zero-order chi connectivity index (χ0) is 16.7. The maximum atomic E-state index is 11.4. The van der Waals surface area contributed by atoms with Gasteiger partial charge >= 0.3 is 5.97 Å². The molecule has 1 aromatic heterocycles. The Labute approximate surface area is 135 Å². The number of halogens is 1. The van der Waals surface area contributed by atoms with Gasteiger partial charge in [0.2, 0.25) is 0 Å². The molecule has 0 amide bonds. The highest BCUT2D eigenvalue weighted by molar-refractivity contribution is 6.30. The van der Waals surface area contributed by atoms with Crippen molar-refractivity contribution >= 4 is 29.7 Å². The molecule has 0 saturated heterocycles. The van der Waals surface area contributed by atoms with Crippen molar-refractivity contribution in [3.8, 4) is 11.3 Å². The summed E-state index contributed by atoms with van der Waals surface area (Å²) < 4.78 is 0. The molecule has 1 heterocycles. The fraction of sp³-hybridized carbons (Fsp3) is 0.111. The molecular weight excluding hydrogens is 298 g/mol. The lowest BCUT2D eigenvalue weighted by Gasteiger charge is -2.09. The minimum absolute atomic E-state index is 0.148. The smallest absolute Gasteiger partial charge is 0.336 e. The second kappa shape index (κ2) is 8.15. The zero-order valence-electron chi connectivity index (χ0n) is 12.6. The van der Waals surface area contributed by atoms with Crippen molar-refractivity contribution in [1.29, 1.82) is 0 Å². The first-order chi connectivity index (χ1) is 10.6. The van der Waals surface area contributed by atoms with Gasteiger partial charge in [-0.3, -0.25) is 0 Å². The van der Waals surface area contributed by atoms with Crippen LogP contribution in [0.4, 0.5) is 0 Å². The first-order valence-corrected chi connectivity index (χ1v) is 7.23. The highest BCUT2D eigenvalue weighted by Gasteiger charge is 2.14. The Kier molecular flexibility index (Phi) is 6.54. The van der Waals surface area contributed by atoms with E-state index >= 15 is 0 Å². The van der Waals surface area contributed by atoms with E-state index in [0.717, 1.165) is 5.56 Å². The first-order valence-electron chi connectivity index (χ1n) is 6.86. The molecule has 114 valence electrons. The molecule has 0 bridgehead atoms. The van der Waals surface area contributed by atoms with Crippen LogP contribution < -0.4 is 0 Å². The van der Waals surface area contributed by atoms with Crippen LogP contribution in [-0.4, -0.2) is 16.1 Å². The summed E-state index contributed by atoms with van der Waals surface area (Å²) in [5.41, 5.74) is 2.44. The molecule has 2 rings (SSSR count). The molecule has 1 N–H and O–H groups in total. The van der Waals surface area contributed by atoms with Gasteiger partial charge in [0.25, 0.3) is 0 Å². The van der Waals surface area contributed by atoms with Gasteiger partial charge in [0.05, 0.1) is 17.0 Å². The van der Waals surface area contributed by atoms with Crippen LogP contribution in [0.2, 0.25) is 5.02 Å². The van der Waals surface area contributed by atoms with Gasteiger partial charge in [-0.05, 0) is 24.3 Å². The molecule has 3 nitrogen and oxygen atoms in total. The highest BCUT2D eigenvalue weighted by atomic mass is 35.5. The molecule has 22 heavy (non-hydrogen) atoms. The van der Waals surface area contributed by atoms with Gasteiger partial charge < -0.3 is 5.11 Å². The van der Waals surface area contributed by atoms with Crippen LogP contribution in [0.25, 0.3) is 23.4 Å². The average molecular weight is 316 g/mol. The predicted molar refractivity (Wildman–Crippen MR) is 93.2 cm³/mol. The molecule has 0 aliphatic heterocycles. The second-order valence-corrected chi connectivity index (χ2v) is 4.51. The maximum absolute atomic E-state index is 11.4. The van der Waals surface area contributed by atoms with Crippen LogP contribution in [0, 0.1) is 0 Å². The van der Waals surface area contributed by atoms with E-state index in [9.17, 15) is 9.90 Å². The predicted octanol–water partition coefficient (Wildman–Crippen LogP) is 5.41. The number of pyridine rings is 1. The van der Waals surface area contributed by atoms with E-state index in [-0.39, 0.29) is 5.56 Å². The van der Waals surface area contributed by atoms with E-state index in [1.54, 1.807) is 24.3 Å². The number of hydrogen-bond acceptors (Lipinski definition) is 2. The Morgan fingerprint density at radius 3 is 2.23 bits per heavy atom. The monoisotopic (exact) mass is 315 g/mol. The van der Waals surface area contributed by atoms with Gasteiger partial charge in [-0.2, -0.15) is 0 Å². The van der Waals surface area contributed by atoms with Crippen LogP contribution in [0.15, 0.2) is 43.5 Å². The average Bonchev–Trinajstić information content (AvgIpc) is 2.56. The Balaban J connectivity index is 0.00000116. The topological polar surface area (TPSA) is 50.2 Å². The van der Waals surface area contributed by atoms with Crippen LogP contribution in [-0.2, 0) is 0 Å². The number of hydrogen-bond donors (Lipinski definition) is 1. The standard InChI is InChI=1S/C16H12ClNO2.C2H6/c1-3-12-13(16(19)20)9-15(18-14(12)4-2)10-5-7-11(17)8-6-10;1-2/h3-9H,1-2H2,(H,19,20);1-2H3. The summed E-state index contributed by atoms with van der Waals surface area (Å²) in [6.45, 7) is 11.3. The number of benzene rings is 1. The van der Waals surface area contributed by atoms with Crippen molar-refractivity contribution in [3.63, 3.8) is 0 Å². The SMILES string of the molecule is C=Cc1nc(-c2ccc(Cl)cc2)cc(C(=O)O)c1C=C.CC. The maximum Gasteiger partial charge on any atom is 0.336 e. The molecule has 0 radical (unpaired) electrons. The van der Waals surface area contributed by atoms with Gasteiger partial charge in [0, 0.05) is 16.1 Å². The molecule has 2 aromatic rings. The Bertz CT molecular complexity index is 691.